The highest BCUT2D eigenvalue weighted by Gasteiger charge is 2.60. The molecule has 0 aromatic carbocycles. The van der Waals surface area contributed by atoms with E-state index in [-0.39, 0.29) is 24.5 Å². The fourth-order valence-corrected chi connectivity index (χ4v) is 7.22. The summed E-state index contributed by atoms with van der Waals surface area (Å²) in [5.74, 6) is -2.78. The smallest absolute Gasteiger partial charge is 0.316 e. The van der Waals surface area contributed by atoms with Gasteiger partial charge >= 0.3 is 5.97 Å². The summed E-state index contributed by atoms with van der Waals surface area (Å²) in [7, 11) is 0. The van der Waals surface area contributed by atoms with E-state index in [4.69, 9.17) is 18.9 Å². The molecule has 9 nitrogen and oxygen atoms in total. The molecule has 41 heavy (non-hydrogen) atoms. The van der Waals surface area contributed by atoms with E-state index in [0.717, 1.165) is 12.0 Å². The van der Waals surface area contributed by atoms with Crippen LogP contribution in [0.5, 0.6) is 0 Å². The molecule has 1 spiro atoms. The molecule has 5 aliphatic rings. The summed E-state index contributed by atoms with van der Waals surface area (Å²) in [4.78, 5) is 13.9. The van der Waals surface area contributed by atoms with Crippen LogP contribution in [-0.2, 0) is 23.7 Å². The molecule has 3 saturated heterocycles. The van der Waals surface area contributed by atoms with E-state index in [9.17, 15) is 25.2 Å². The molecule has 5 rings (SSSR count). The Labute approximate surface area is 242 Å². The highest BCUT2D eigenvalue weighted by molar-refractivity contribution is 5.78. The van der Waals surface area contributed by atoms with Crippen molar-refractivity contribution in [3.63, 3.8) is 0 Å². The lowest BCUT2D eigenvalue weighted by molar-refractivity contribution is -0.343. The summed E-state index contributed by atoms with van der Waals surface area (Å²) in [6, 6.07) is 0. The van der Waals surface area contributed by atoms with Crippen LogP contribution in [0.2, 0.25) is 0 Å². The van der Waals surface area contributed by atoms with E-state index in [2.05, 4.69) is 0 Å². The van der Waals surface area contributed by atoms with Crippen molar-refractivity contribution >= 4 is 5.97 Å². The minimum Gasteiger partial charge on any atom is -0.462 e. The predicted octanol–water partition coefficient (Wildman–Crippen LogP) is 2.87. The number of aliphatic hydroxyl groups excluding tert-OH is 3. The van der Waals surface area contributed by atoms with Crippen molar-refractivity contribution < 1.29 is 44.2 Å². The Morgan fingerprint density at radius 3 is 2.56 bits per heavy atom. The number of allylic oxidation sites excluding steroid dienone is 2. The Morgan fingerprint density at radius 1 is 1.07 bits per heavy atom. The first-order chi connectivity index (χ1) is 19.3. The highest BCUT2D eigenvalue weighted by atomic mass is 16.7. The number of esters is 1. The van der Waals surface area contributed by atoms with Gasteiger partial charge < -0.3 is 39.4 Å². The van der Waals surface area contributed by atoms with Crippen LogP contribution in [0.25, 0.3) is 0 Å². The number of fused-ring (bicyclic) bond motifs is 2. The number of hydrogen-bond donors (Lipinski definition) is 4. The molecule has 12 atom stereocenters. The van der Waals surface area contributed by atoms with E-state index < -0.39 is 59.9 Å². The number of aliphatic hydroxyl groups is 4. The van der Waals surface area contributed by atoms with Crippen LogP contribution in [0.3, 0.4) is 0 Å². The lowest BCUT2D eigenvalue weighted by atomic mass is 9.71. The molecule has 0 saturated carbocycles. The fourth-order valence-electron chi connectivity index (χ4n) is 7.22. The Hall–Kier alpha value is -1.85. The maximum Gasteiger partial charge on any atom is 0.316 e. The van der Waals surface area contributed by atoms with Crippen LogP contribution in [0, 0.1) is 17.8 Å². The van der Waals surface area contributed by atoms with Crippen molar-refractivity contribution in [2.75, 3.05) is 6.61 Å². The molecule has 228 valence electrons. The maximum atomic E-state index is 13.9. The number of ether oxygens (including phenoxy) is 4. The lowest BCUT2D eigenvalue weighted by Crippen LogP contribution is -2.58. The maximum absolute atomic E-state index is 13.9. The van der Waals surface area contributed by atoms with Gasteiger partial charge in [0.25, 0.3) is 0 Å². The molecule has 4 aliphatic heterocycles. The number of hydrogen-bond acceptors (Lipinski definition) is 9. The van der Waals surface area contributed by atoms with E-state index in [1.54, 1.807) is 32.1 Å². The van der Waals surface area contributed by atoms with Gasteiger partial charge in [-0.2, -0.15) is 0 Å². The van der Waals surface area contributed by atoms with Crippen molar-refractivity contribution in [1.29, 1.82) is 0 Å². The molecule has 0 aromatic rings. The number of carbonyl (C=O) groups is 1. The van der Waals surface area contributed by atoms with Gasteiger partial charge in [-0.1, -0.05) is 44.2 Å². The van der Waals surface area contributed by atoms with Gasteiger partial charge in [-0.3, -0.25) is 4.79 Å². The molecule has 4 N–H and O–H groups in total. The Bertz CT molecular complexity index is 1120. The standard InChI is InChI=1S/C32H46O9/c1-17-7-6-8-22-16-38-29-27(35)20(4)13-25(32(22,29)37)30(36)39-24-14-23(10-9-18(2)26(17)34)40-31(15-24)12-11-19(3)28(41-31)21(5)33/h6-9,13,17,19,21,23-29,33-35,37H,10-12,14-16H2,1-5H3/b7-6+,18-9+,22-8+/t17-,19-,21?,23+,24-,25-,26+,27-,28-,29+,31+,32+/m0/s1. The minimum absolute atomic E-state index is 0.0541. The first-order valence-corrected chi connectivity index (χ1v) is 15.0. The van der Waals surface area contributed by atoms with E-state index in [1.807, 2.05) is 32.9 Å². The van der Waals surface area contributed by atoms with Crippen LogP contribution in [0.15, 0.2) is 47.1 Å². The average molecular weight is 575 g/mol. The van der Waals surface area contributed by atoms with Gasteiger partial charge in [0.2, 0.25) is 0 Å². The van der Waals surface area contributed by atoms with Crippen molar-refractivity contribution in [2.45, 2.75) is 121 Å². The van der Waals surface area contributed by atoms with Crippen LogP contribution in [-0.4, -0.2) is 87.1 Å². The normalized spacial score (nSPS) is 49.5. The molecule has 1 aliphatic carbocycles. The summed E-state index contributed by atoms with van der Waals surface area (Å²) in [6.45, 7) is 9.32. The minimum atomic E-state index is -1.79. The van der Waals surface area contributed by atoms with Crippen molar-refractivity contribution in [1.82, 2.24) is 0 Å². The Kier molecular flexibility index (Phi) is 8.72. The van der Waals surface area contributed by atoms with Gasteiger partial charge in [0.1, 0.15) is 29.8 Å². The molecule has 9 heteroatoms. The van der Waals surface area contributed by atoms with Gasteiger partial charge in [0, 0.05) is 25.2 Å². The molecule has 3 fully saturated rings. The van der Waals surface area contributed by atoms with Gasteiger partial charge in [-0.05, 0) is 56.3 Å². The van der Waals surface area contributed by atoms with Gasteiger partial charge in [-0.25, -0.2) is 0 Å². The first-order valence-electron chi connectivity index (χ1n) is 15.0. The number of carbonyl (C=O) groups excluding carboxylic acids is 1. The van der Waals surface area contributed by atoms with Crippen molar-refractivity contribution in [3.05, 3.63) is 47.1 Å². The van der Waals surface area contributed by atoms with Gasteiger partial charge in [0.15, 0.2) is 5.79 Å². The second kappa shape index (κ2) is 11.7. The Morgan fingerprint density at radius 2 is 1.83 bits per heavy atom. The van der Waals surface area contributed by atoms with Crippen molar-refractivity contribution in [2.24, 2.45) is 17.8 Å². The molecule has 1 unspecified atom stereocenters. The molecule has 4 heterocycles. The van der Waals surface area contributed by atoms with Gasteiger partial charge in [-0.15, -0.1) is 0 Å². The summed E-state index contributed by atoms with van der Waals surface area (Å²) in [6.07, 6.45) is 6.65. The van der Waals surface area contributed by atoms with Crippen LogP contribution < -0.4 is 0 Å². The van der Waals surface area contributed by atoms with E-state index >= 15 is 0 Å². The SMILES string of the molecule is CC1=C[C@H]2C(=O)O[C@H]3C[C@@H](C/C=C(\C)[C@H](O)[C@@H](C)/C=C/C=C4\CO[C@H]([C@H]1O)[C@@]42O)O[C@@]1(CC[C@H](C)[C@@H](C(C)O)O1)C3. The fraction of sp³-hybridized carbons (Fsp3) is 0.719. The summed E-state index contributed by atoms with van der Waals surface area (Å²) in [5.41, 5.74) is 0.0229. The predicted molar refractivity (Wildman–Crippen MR) is 150 cm³/mol. The molecular weight excluding hydrogens is 528 g/mol. The van der Waals surface area contributed by atoms with Crippen LogP contribution >= 0.6 is 0 Å². The average Bonchev–Trinajstić information content (AvgIpc) is 3.26. The third kappa shape index (κ3) is 5.75. The second-order valence-electron chi connectivity index (χ2n) is 12.9. The van der Waals surface area contributed by atoms with Gasteiger partial charge in [0.05, 0.1) is 31.0 Å². The molecule has 0 aromatic heterocycles. The summed E-state index contributed by atoms with van der Waals surface area (Å²) in [5, 5.41) is 44.3. The third-order valence-corrected chi connectivity index (χ3v) is 9.75. The van der Waals surface area contributed by atoms with Crippen LogP contribution in [0.1, 0.15) is 66.7 Å². The molecule has 2 bridgehead atoms. The zero-order valence-electron chi connectivity index (χ0n) is 24.7. The highest BCUT2D eigenvalue weighted by Crippen LogP contribution is 2.47. The second-order valence-corrected chi connectivity index (χ2v) is 12.9. The summed E-state index contributed by atoms with van der Waals surface area (Å²) < 4.78 is 25.1. The topological polar surface area (TPSA) is 135 Å². The first kappa shape index (κ1) is 30.6. The third-order valence-electron chi connectivity index (χ3n) is 9.75. The summed E-state index contributed by atoms with van der Waals surface area (Å²) >= 11 is 0. The lowest BCUT2D eigenvalue weighted by Gasteiger charge is -2.50. The molecular formula is C32H46O9. The monoisotopic (exact) mass is 574 g/mol. The molecule has 0 radical (unpaired) electrons. The van der Waals surface area contributed by atoms with E-state index in [1.165, 1.54) is 0 Å². The van der Waals surface area contributed by atoms with Crippen molar-refractivity contribution in [3.8, 4) is 0 Å². The van der Waals surface area contributed by atoms with Crippen LogP contribution in [0.4, 0.5) is 0 Å². The number of rotatable bonds is 1. The zero-order chi connectivity index (χ0) is 29.7. The zero-order valence-corrected chi connectivity index (χ0v) is 24.7. The van der Waals surface area contributed by atoms with E-state index in [0.29, 0.717) is 36.8 Å². The Balaban J connectivity index is 1.53. The molecule has 0 amide bonds. The quantitative estimate of drug-likeness (QED) is 0.275. The largest absolute Gasteiger partial charge is 0.462 e.